The number of methoxy groups -OCH3 is 2. The molecule has 2 rings (SSSR count). The summed E-state index contributed by atoms with van der Waals surface area (Å²) in [4.78, 5) is 11.9. The molecule has 0 saturated carbocycles. The van der Waals surface area contributed by atoms with Gasteiger partial charge in [0.25, 0.3) is 0 Å². The lowest BCUT2D eigenvalue weighted by Gasteiger charge is -2.17. The predicted molar refractivity (Wildman–Crippen MR) is 107 cm³/mol. The highest BCUT2D eigenvalue weighted by Gasteiger charge is 2.24. The maximum atomic E-state index is 12.3. The molecule has 2 aromatic rings. The van der Waals surface area contributed by atoms with Gasteiger partial charge in [-0.2, -0.15) is 0 Å². The zero-order chi connectivity index (χ0) is 18.2. The van der Waals surface area contributed by atoms with E-state index >= 15 is 0 Å². The fraction of sp³-hybridized carbons (Fsp3) is 0.316. The van der Waals surface area contributed by atoms with Gasteiger partial charge in [-0.25, -0.2) is 0 Å². The first-order valence-corrected chi connectivity index (χ1v) is 9.71. The van der Waals surface area contributed by atoms with Crippen LogP contribution >= 0.6 is 31.9 Å². The molecule has 0 aromatic heterocycles. The molecule has 1 amide bonds. The Bertz CT molecular complexity index is 694. The van der Waals surface area contributed by atoms with Gasteiger partial charge in [0.1, 0.15) is 4.83 Å². The molecule has 2 aromatic carbocycles. The van der Waals surface area contributed by atoms with Gasteiger partial charge in [-0.1, -0.05) is 68.3 Å². The van der Waals surface area contributed by atoms with Gasteiger partial charge in [-0.3, -0.25) is 4.79 Å². The Hall–Kier alpha value is -1.53. The van der Waals surface area contributed by atoms with E-state index < -0.39 is 0 Å². The second-order valence-corrected chi connectivity index (χ2v) is 7.42. The van der Waals surface area contributed by atoms with Crippen LogP contribution in [0.5, 0.6) is 11.5 Å². The largest absolute Gasteiger partial charge is 0.493 e. The molecule has 2 unspecified atom stereocenters. The molecule has 0 aliphatic carbocycles. The molecule has 6 heteroatoms. The average molecular weight is 471 g/mol. The Kier molecular flexibility index (Phi) is 7.78. The van der Waals surface area contributed by atoms with E-state index in [1.54, 1.807) is 14.2 Å². The summed E-state index contributed by atoms with van der Waals surface area (Å²) in [5.41, 5.74) is 2.13. The maximum absolute atomic E-state index is 12.3. The molecule has 0 saturated heterocycles. The van der Waals surface area contributed by atoms with Gasteiger partial charge in [0, 0.05) is 6.54 Å². The number of ether oxygens (including phenoxy) is 2. The number of carbonyl (C=O) groups excluding carboxylic acids is 1. The van der Waals surface area contributed by atoms with E-state index in [9.17, 15) is 4.79 Å². The molecule has 2 atom stereocenters. The molecule has 0 heterocycles. The summed E-state index contributed by atoms with van der Waals surface area (Å²) in [5, 5.41) is 2.96. The van der Waals surface area contributed by atoms with E-state index in [-0.39, 0.29) is 15.6 Å². The molecule has 0 fully saturated rings. The third-order valence-electron chi connectivity index (χ3n) is 3.79. The SMILES string of the molecule is COc1ccc(CCNC(=O)C(Br)C(Br)c2ccccc2)cc1OC. The summed E-state index contributed by atoms with van der Waals surface area (Å²) < 4.78 is 10.5. The first-order chi connectivity index (χ1) is 12.1. The van der Waals surface area contributed by atoms with E-state index in [4.69, 9.17) is 9.47 Å². The number of halogens is 2. The standard InChI is InChI=1S/C19H21Br2NO3/c1-24-15-9-8-13(12-16(15)25-2)10-11-22-19(23)18(21)17(20)14-6-4-3-5-7-14/h3-9,12,17-18H,10-11H2,1-2H3,(H,22,23). The molecule has 0 aliphatic heterocycles. The lowest BCUT2D eigenvalue weighted by atomic mass is 10.1. The van der Waals surface area contributed by atoms with Crippen molar-refractivity contribution in [2.24, 2.45) is 0 Å². The van der Waals surface area contributed by atoms with Crippen molar-refractivity contribution in [3.63, 3.8) is 0 Å². The number of rotatable bonds is 8. The van der Waals surface area contributed by atoms with E-state index in [0.29, 0.717) is 24.5 Å². The van der Waals surface area contributed by atoms with Crippen molar-refractivity contribution in [2.45, 2.75) is 16.1 Å². The van der Waals surface area contributed by atoms with E-state index in [1.165, 1.54) is 0 Å². The minimum absolute atomic E-state index is 0.0498. The molecule has 1 N–H and O–H groups in total. The average Bonchev–Trinajstić information content (AvgIpc) is 2.67. The summed E-state index contributed by atoms with van der Waals surface area (Å²) in [6, 6.07) is 15.6. The first kappa shape index (κ1) is 19.8. The van der Waals surface area contributed by atoms with Gasteiger partial charge in [-0.15, -0.1) is 0 Å². The molecule has 0 aliphatic rings. The van der Waals surface area contributed by atoms with Gasteiger partial charge in [-0.05, 0) is 29.7 Å². The van der Waals surface area contributed by atoms with Crippen molar-refractivity contribution < 1.29 is 14.3 Å². The van der Waals surface area contributed by atoms with Crippen LogP contribution in [0, 0.1) is 0 Å². The third kappa shape index (κ3) is 5.47. The summed E-state index contributed by atoms with van der Waals surface area (Å²) in [7, 11) is 3.22. The van der Waals surface area contributed by atoms with Gasteiger partial charge in [0.15, 0.2) is 11.5 Å². The van der Waals surface area contributed by atoms with Crippen LogP contribution in [-0.2, 0) is 11.2 Å². The van der Waals surface area contributed by atoms with E-state index in [2.05, 4.69) is 37.2 Å². The maximum Gasteiger partial charge on any atom is 0.235 e. The van der Waals surface area contributed by atoms with Gasteiger partial charge in [0.2, 0.25) is 5.91 Å². The molecule has 25 heavy (non-hydrogen) atoms. The van der Waals surface area contributed by atoms with Crippen LogP contribution in [0.1, 0.15) is 16.0 Å². The summed E-state index contributed by atoms with van der Waals surface area (Å²) in [6.07, 6.45) is 0.712. The monoisotopic (exact) mass is 469 g/mol. The van der Waals surface area contributed by atoms with Crippen LogP contribution in [0.15, 0.2) is 48.5 Å². The fourth-order valence-corrected chi connectivity index (χ4v) is 3.41. The van der Waals surface area contributed by atoms with E-state index in [1.807, 2.05) is 48.5 Å². The molecule has 0 spiro atoms. The number of amides is 1. The van der Waals surface area contributed by atoms with Crippen LogP contribution in [0.3, 0.4) is 0 Å². The third-order valence-corrected chi connectivity index (χ3v) is 6.50. The highest BCUT2D eigenvalue weighted by Crippen LogP contribution is 2.31. The van der Waals surface area contributed by atoms with E-state index in [0.717, 1.165) is 11.1 Å². The van der Waals surface area contributed by atoms with Crippen molar-refractivity contribution in [1.29, 1.82) is 0 Å². The van der Waals surface area contributed by atoms with Crippen LogP contribution in [0.2, 0.25) is 0 Å². The minimum Gasteiger partial charge on any atom is -0.493 e. The molecule has 0 bridgehead atoms. The van der Waals surface area contributed by atoms with Crippen LogP contribution < -0.4 is 14.8 Å². The predicted octanol–water partition coefficient (Wildman–Crippen LogP) is 4.26. The van der Waals surface area contributed by atoms with Crippen molar-refractivity contribution >= 4 is 37.8 Å². The highest BCUT2D eigenvalue weighted by molar-refractivity contribution is 9.12. The number of alkyl halides is 2. The second kappa shape index (κ2) is 9.82. The normalized spacial score (nSPS) is 13.0. The number of carbonyl (C=O) groups is 1. The summed E-state index contributed by atoms with van der Waals surface area (Å²) >= 11 is 7.06. The lowest BCUT2D eigenvalue weighted by Crippen LogP contribution is -2.34. The van der Waals surface area contributed by atoms with Crippen molar-refractivity contribution in [1.82, 2.24) is 5.32 Å². The quantitative estimate of drug-likeness (QED) is 0.586. The molecule has 134 valence electrons. The van der Waals surface area contributed by atoms with Crippen molar-refractivity contribution in [2.75, 3.05) is 20.8 Å². The fourth-order valence-electron chi connectivity index (χ4n) is 2.40. The summed E-state index contributed by atoms with van der Waals surface area (Å²) in [5.74, 6) is 1.33. The number of hydrogen-bond donors (Lipinski definition) is 1. The van der Waals surface area contributed by atoms with Crippen LogP contribution in [-0.4, -0.2) is 31.5 Å². The lowest BCUT2D eigenvalue weighted by molar-refractivity contribution is -0.120. The topological polar surface area (TPSA) is 47.6 Å². The van der Waals surface area contributed by atoms with Crippen molar-refractivity contribution in [3.05, 3.63) is 59.7 Å². The first-order valence-electron chi connectivity index (χ1n) is 7.88. The second-order valence-electron chi connectivity index (χ2n) is 5.44. The van der Waals surface area contributed by atoms with Gasteiger partial charge < -0.3 is 14.8 Å². The molecular weight excluding hydrogens is 450 g/mol. The Balaban J connectivity index is 1.87. The number of nitrogens with one attached hydrogen (secondary N) is 1. The number of benzene rings is 2. The Morgan fingerprint density at radius 3 is 2.36 bits per heavy atom. The highest BCUT2D eigenvalue weighted by atomic mass is 79.9. The van der Waals surface area contributed by atoms with Crippen molar-refractivity contribution in [3.8, 4) is 11.5 Å². The number of hydrogen-bond acceptors (Lipinski definition) is 3. The van der Waals surface area contributed by atoms with Gasteiger partial charge >= 0.3 is 0 Å². The molecular formula is C19H21Br2NO3. The minimum atomic E-state index is -0.347. The smallest absolute Gasteiger partial charge is 0.235 e. The zero-order valence-electron chi connectivity index (χ0n) is 14.2. The zero-order valence-corrected chi connectivity index (χ0v) is 17.3. The summed E-state index contributed by atoms with van der Waals surface area (Å²) in [6.45, 7) is 0.547. The van der Waals surface area contributed by atoms with Gasteiger partial charge in [0.05, 0.1) is 19.0 Å². The molecule has 0 radical (unpaired) electrons. The van der Waals surface area contributed by atoms with Crippen LogP contribution in [0.25, 0.3) is 0 Å². The Morgan fingerprint density at radius 1 is 1.04 bits per heavy atom. The Morgan fingerprint density at radius 2 is 1.72 bits per heavy atom. The Labute approximate surface area is 165 Å². The molecule has 4 nitrogen and oxygen atoms in total. The van der Waals surface area contributed by atoms with Crippen LogP contribution in [0.4, 0.5) is 0 Å².